The summed E-state index contributed by atoms with van der Waals surface area (Å²) in [6, 6.07) is 16.2. The Morgan fingerprint density at radius 3 is 2.61 bits per heavy atom. The number of fused-ring (bicyclic) bond motifs is 1. The van der Waals surface area contributed by atoms with Gasteiger partial charge in [-0.2, -0.15) is 0 Å². The minimum atomic E-state index is -0.421. The number of non-ortho nitro benzene ring substituents is 1. The third-order valence-corrected chi connectivity index (χ3v) is 3.76. The van der Waals surface area contributed by atoms with Gasteiger partial charge in [-0.15, -0.1) is 0 Å². The fourth-order valence-electron chi connectivity index (χ4n) is 2.52. The molecule has 0 spiro atoms. The zero-order chi connectivity index (χ0) is 16.2. The highest BCUT2D eigenvalue weighted by molar-refractivity contribution is 5.82. The minimum absolute atomic E-state index is 0.0607. The Hall–Kier alpha value is -2.95. The van der Waals surface area contributed by atoms with Crippen LogP contribution >= 0.6 is 0 Å². The lowest BCUT2D eigenvalue weighted by Crippen LogP contribution is -2.07. The van der Waals surface area contributed by atoms with Crippen LogP contribution < -0.4 is 4.74 Å². The number of ether oxygens (including phenoxy) is 1. The molecule has 0 aliphatic heterocycles. The van der Waals surface area contributed by atoms with Crippen LogP contribution in [0.25, 0.3) is 10.9 Å². The third kappa shape index (κ3) is 3.29. The molecule has 1 atom stereocenters. The third-order valence-electron chi connectivity index (χ3n) is 3.76. The van der Waals surface area contributed by atoms with Gasteiger partial charge in [0.05, 0.1) is 17.0 Å². The smallest absolute Gasteiger partial charge is 0.269 e. The number of nitro groups is 1. The molecule has 0 amide bonds. The van der Waals surface area contributed by atoms with E-state index in [-0.39, 0.29) is 11.6 Å². The molecule has 23 heavy (non-hydrogen) atoms. The maximum absolute atomic E-state index is 10.6. The van der Waals surface area contributed by atoms with Crippen LogP contribution in [0, 0.1) is 10.1 Å². The molecule has 3 rings (SSSR count). The molecule has 0 aliphatic carbocycles. The highest BCUT2D eigenvalue weighted by atomic mass is 16.6. The van der Waals surface area contributed by atoms with Crippen molar-refractivity contribution in [3.8, 4) is 5.75 Å². The first-order valence-corrected chi connectivity index (χ1v) is 7.36. The second kappa shape index (κ2) is 6.44. The molecule has 3 aromatic rings. The summed E-state index contributed by atoms with van der Waals surface area (Å²) in [5.41, 5.74) is 2.20. The summed E-state index contributed by atoms with van der Waals surface area (Å²) >= 11 is 0. The summed E-state index contributed by atoms with van der Waals surface area (Å²) in [6.45, 7) is 2.58. The maximum Gasteiger partial charge on any atom is 0.269 e. The van der Waals surface area contributed by atoms with E-state index in [9.17, 15) is 10.1 Å². The van der Waals surface area contributed by atoms with Gasteiger partial charge in [-0.25, -0.2) is 0 Å². The van der Waals surface area contributed by atoms with Gasteiger partial charge in [0.2, 0.25) is 0 Å². The number of hydrogen-bond acceptors (Lipinski definition) is 4. The Morgan fingerprint density at radius 1 is 1.13 bits per heavy atom. The number of hydrogen-bond donors (Lipinski definition) is 0. The number of para-hydroxylation sites is 1. The second-order valence-electron chi connectivity index (χ2n) is 5.38. The topological polar surface area (TPSA) is 65.3 Å². The lowest BCUT2D eigenvalue weighted by Gasteiger charge is -2.15. The lowest BCUT2D eigenvalue weighted by molar-refractivity contribution is -0.384. The van der Waals surface area contributed by atoms with Crippen molar-refractivity contribution in [2.75, 3.05) is 6.61 Å². The molecule has 0 bridgehead atoms. The van der Waals surface area contributed by atoms with Gasteiger partial charge in [0, 0.05) is 29.6 Å². The molecule has 0 unspecified atom stereocenters. The molecule has 0 saturated heterocycles. The van der Waals surface area contributed by atoms with Crippen LogP contribution in [-0.2, 0) is 0 Å². The highest BCUT2D eigenvalue weighted by Gasteiger charge is 2.11. The Bertz CT molecular complexity index is 826. The number of benzene rings is 2. The summed E-state index contributed by atoms with van der Waals surface area (Å²) in [5, 5.41) is 11.8. The molecular weight excluding hydrogens is 292 g/mol. The fourth-order valence-corrected chi connectivity index (χ4v) is 2.52. The Balaban J connectivity index is 1.73. The molecule has 1 heterocycles. The molecule has 116 valence electrons. The highest BCUT2D eigenvalue weighted by Crippen LogP contribution is 2.25. The lowest BCUT2D eigenvalue weighted by atomic mass is 9.98. The predicted molar refractivity (Wildman–Crippen MR) is 88.7 cm³/mol. The average molecular weight is 308 g/mol. The molecule has 0 saturated carbocycles. The van der Waals surface area contributed by atoms with E-state index in [2.05, 4.69) is 18.0 Å². The van der Waals surface area contributed by atoms with E-state index >= 15 is 0 Å². The SMILES string of the molecule is C[C@@H](COc1ccc([N+](=O)[O-])cc1)c1ccnc2ccccc12. The summed E-state index contributed by atoms with van der Waals surface area (Å²) in [5.74, 6) is 0.805. The Kier molecular flexibility index (Phi) is 4.19. The standard InChI is InChI=1S/C18H16N2O3/c1-13(12-23-15-8-6-14(7-9-15)20(21)22)16-10-11-19-18-5-3-2-4-17(16)18/h2-11,13H,12H2,1H3/t13-/m0/s1. The van der Waals surface area contributed by atoms with Crippen molar-refractivity contribution in [3.05, 3.63) is 76.5 Å². The van der Waals surface area contributed by atoms with Crippen molar-refractivity contribution < 1.29 is 9.66 Å². The van der Waals surface area contributed by atoms with Gasteiger partial charge in [-0.1, -0.05) is 25.1 Å². The zero-order valence-corrected chi connectivity index (χ0v) is 12.7. The molecule has 0 radical (unpaired) electrons. The van der Waals surface area contributed by atoms with Crippen LogP contribution in [-0.4, -0.2) is 16.5 Å². The van der Waals surface area contributed by atoms with Crippen LogP contribution in [0.15, 0.2) is 60.8 Å². The molecule has 1 aromatic heterocycles. The summed E-state index contributed by atoms with van der Waals surface area (Å²) in [4.78, 5) is 14.6. The van der Waals surface area contributed by atoms with Gasteiger partial charge >= 0.3 is 0 Å². The van der Waals surface area contributed by atoms with Gasteiger partial charge in [-0.3, -0.25) is 15.1 Å². The first kappa shape index (κ1) is 15.0. The monoisotopic (exact) mass is 308 g/mol. The summed E-state index contributed by atoms with van der Waals surface area (Å²) in [6.07, 6.45) is 1.81. The fraction of sp³-hybridized carbons (Fsp3) is 0.167. The molecule has 0 fully saturated rings. The quantitative estimate of drug-likeness (QED) is 0.520. The first-order valence-electron chi connectivity index (χ1n) is 7.36. The first-order chi connectivity index (χ1) is 11.1. The van der Waals surface area contributed by atoms with Crippen LogP contribution in [0.4, 0.5) is 5.69 Å². The number of nitro benzene ring substituents is 1. The zero-order valence-electron chi connectivity index (χ0n) is 12.7. The molecule has 5 nitrogen and oxygen atoms in total. The number of nitrogens with zero attached hydrogens (tertiary/aromatic N) is 2. The van der Waals surface area contributed by atoms with Crippen LogP contribution in [0.2, 0.25) is 0 Å². The largest absolute Gasteiger partial charge is 0.493 e. The average Bonchev–Trinajstić information content (AvgIpc) is 2.59. The van der Waals surface area contributed by atoms with E-state index in [4.69, 9.17) is 4.74 Å². The van der Waals surface area contributed by atoms with Gasteiger partial charge in [0.15, 0.2) is 0 Å². The summed E-state index contributed by atoms with van der Waals surface area (Å²) in [7, 11) is 0. The maximum atomic E-state index is 10.6. The van der Waals surface area contributed by atoms with Crippen molar-refractivity contribution in [1.29, 1.82) is 0 Å². The number of rotatable bonds is 5. The van der Waals surface area contributed by atoms with Crippen molar-refractivity contribution in [2.45, 2.75) is 12.8 Å². The number of pyridine rings is 1. The number of aromatic nitrogens is 1. The van der Waals surface area contributed by atoms with E-state index in [0.29, 0.717) is 12.4 Å². The normalized spacial score (nSPS) is 12.0. The Morgan fingerprint density at radius 2 is 1.87 bits per heavy atom. The van der Waals surface area contributed by atoms with Gasteiger partial charge in [0.25, 0.3) is 5.69 Å². The van der Waals surface area contributed by atoms with Crippen LogP contribution in [0.5, 0.6) is 5.75 Å². The van der Waals surface area contributed by atoms with E-state index < -0.39 is 4.92 Å². The van der Waals surface area contributed by atoms with E-state index in [1.54, 1.807) is 18.3 Å². The minimum Gasteiger partial charge on any atom is -0.493 e. The van der Waals surface area contributed by atoms with Crippen molar-refractivity contribution in [3.63, 3.8) is 0 Å². The van der Waals surface area contributed by atoms with Gasteiger partial charge in [-0.05, 0) is 29.8 Å². The second-order valence-corrected chi connectivity index (χ2v) is 5.38. The molecule has 5 heteroatoms. The molecule has 2 aromatic carbocycles. The molecular formula is C18H16N2O3. The van der Waals surface area contributed by atoms with Crippen molar-refractivity contribution >= 4 is 16.6 Å². The van der Waals surface area contributed by atoms with Crippen LogP contribution in [0.1, 0.15) is 18.4 Å². The molecule has 0 N–H and O–H groups in total. The van der Waals surface area contributed by atoms with Gasteiger partial charge < -0.3 is 4.74 Å². The van der Waals surface area contributed by atoms with E-state index in [1.165, 1.54) is 17.7 Å². The van der Waals surface area contributed by atoms with Crippen molar-refractivity contribution in [2.24, 2.45) is 0 Å². The van der Waals surface area contributed by atoms with Gasteiger partial charge in [0.1, 0.15) is 5.75 Å². The van der Waals surface area contributed by atoms with E-state index in [0.717, 1.165) is 10.9 Å². The summed E-state index contributed by atoms with van der Waals surface area (Å²) < 4.78 is 5.76. The Labute approximate surface area is 133 Å². The predicted octanol–water partition coefficient (Wildman–Crippen LogP) is 4.33. The molecule has 0 aliphatic rings. The van der Waals surface area contributed by atoms with E-state index in [1.807, 2.05) is 24.3 Å². The van der Waals surface area contributed by atoms with Crippen molar-refractivity contribution in [1.82, 2.24) is 4.98 Å². The van der Waals surface area contributed by atoms with Crippen LogP contribution in [0.3, 0.4) is 0 Å².